The summed E-state index contributed by atoms with van der Waals surface area (Å²) in [7, 11) is 0. The number of anilines is 1. The fraction of sp³-hybridized carbons (Fsp3) is 0.353. The van der Waals surface area contributed by atoms with Crippen LogP contribution in [0.2, 0.25) is 0 Å². The molecule has 1 fully saturated rings. The Morgan fingerprint density at radius 1 is 0.854 bits per heavy atom. The maximum atomic E-state index is 13.7. The molecule has 48 heavy (non-hydrogen) atoms. The molecule has 1 saturated heterocycles. The quantitative estimate of drug-likeness (QED) is 0.182. The van der Waals surface area contributed by atoms with Crippen molar-refractivity contribution in [3.63, 3.8) is 0 Å². The first-order valence-electron chi connectivity index (χ1n) is 15.2. The van der Waals surface area contributed by atoms with Gasteiger partial charge in [-0.25, -0.2) is 0 Å². The first-order valence-corrected chi connectivity index (χ1v) is 15.2. The summed E-state index contributed by atoms with van der Waals surface area (Å²) in [5.41, 5.74) is 1.01. The highest BCUT2D eigenvalue weighted by Crippen LogP contribution is 2.32. The van der Waals surface area contributed by atoms with E-state index in [4.69, 9.17) is 28.5 Å². The second kappa shape index (κ2) is 14.9. The molecule has 0 bridgehead atoms. The Balaban J connectivity index is 1.38. The normalized spacial score (nSPS) is 22.5. The van der Waals surface area contributed by atoms with Gasteiger partial charge < -0.3 is 38.7 Å². The van der Waals surface area contributed by atoms with Crippen LogP contribution in [0.5, 0.6) is 5.75 Å². The maximum absolute atomic E-state index is 13.7. The number of nitrogens with zero attached hydrogens (tertiary/aromatic N) is 2. The largest absolute Gasteiger partial charge is 0.492 e. The van der Waals surface area contributed by atoms with Crippen LogP contribution in [0.15, 0.2) is 71.9 Å². The number of ether oxygens (including phenoxy) is 5. The molecule has 14 nitrogen and oxygen atoms in total. The van der Waals surface area contributed by atoms with E-state index in [9.17, 15) is 24.0 Å². The number of hydrogen-bond acceptors (Lipinski definition) is 12. The number of esters is 3. The number of nitrogens with one attached hydrogen (secondary N) is 1. The van der Waals surface area contributed by atoms with E-state index in [1.165, 1.54) is 18.7 Å². The first-order chi connectivity index (χ1) is 23.0. The average molecular weight is 662 g/mol. The number of amides is 2. The number of para-hydroxylation sites is 1. The molecule has 2 heterocycles. The summed E-state index contributed by atoms with van der Waals surface area (Å²) in [5.74, 6) is -2.52. The molecule has 0 aromatic heterocycles. The monoisotopic (exact) mass is 661 g/mol. The third kappa shape index (κ3) is 7.89. The molecule has 0 spiro atoms. The maximum Gasteiger partial charge on any atom is 0.303 e. The van der Waals surface area contributed by atoms with Crippen molar-refractivity contribution in [3.05, 3.63) is 72.3 Å². The van der Waals surface area contributed by atoms with E-state index in [0.717, 1.165) is 24.6 Å². The molecular weight excluding hydrogens is 626 g/mol. The van der Waals surface area contributed by atoms with E-state index >= 15 is 0 Å². The molecule has 252 valence electrons. The molecule has 14 heteroatoms. The number of benzene rings is 3. The summed E-state index contributed by atoms with van der Waals surface area (Å²) in [6.07, 6.45) is -5.33. The minimum absolute atomic E-state index is 0.0517. The minimum Gasteiger partial charge on any atom is -0.492 e. The standard InChI is InChI=1S/C34H35N3O11/c1-19(38)35-30-32(46-22(4)41)31(45-21(3)40)28(18-44-20(2)39)47-34(30)48-36-29-26-11-7-8-12-27(26)37(33(29)42)15-16-43-25-14-13-23-9-5-6-10-24(23)17-25/h5-14,17,28,30-32,34H,15-16,18H2,1-4H3,(H,35,38)/b36-29+/t28-,30-,31-,32-,34+/m1/s1. The zero-order valence-corrected chi connectivity index (χ0v) is 26.7. The smallest absolute Gasteiger partial charge is 0.303 e. The lowest BCUT2D eigenvalue weighted by Gasteiger charge is -2.43. The molecule has 2 amide bonds. The highest BCUT2D eigenvalue weighted by atomic mass is 16.8. The van der Waals surface area contributed by atoms with Crippen LogP contribution < -0.4 is 15.0 Å². The van der Waals surface area contributed by atoms with Crippen LogP contribution in [0.4, 0.5) is 5.69 Å². The van der Waals surface area contributed by atoms with E-state index in [-0.39, 0.29) is 18.9 Å². The van der Waals surface area contributed by atoms with Gasteiger partial charge in [-0.05, 0) is 29.0 Å². The summed E-state index contributed by atoms with van der Waals surface area (Å²) >= 11 is 0. The number of fused-ring (bicyclic) bond motifs is 2. The number of hydrogen-bond donors (Lipinski definition) is 1. The van der Waals surface area contributed by atoms with Crippen LogP contribution in [0.1, 0.15) is 33.3 Å². The Morgan fingerprint density at radius 2 is 1.54 bits per heavy atom. The first kappa shape index (κ1) is 33.9. The van der Waals surface area contributed by atoms with Crippen molar-refractivity contribution < 1.29 is 52.5 Å². The summed E-state index contributed by atoms with van der Waals surface area (Å²) in [6.45, 7) is 4.62. The summed E-state index contributed by atoms with van der Waals surface area (Å²) in [5, 5.41) is 8.86. The van der Waals surface area contributed by atoms with E-state index in [1.807, 2.05) is 42.5 Å². The predicted molar refractivity (Wildman–Crippen MR) is 170 cm³/mol. The summed E-state index contributed by atoms with van der Waals surface area (Å²) in [4.78, 5) is 69.0. The van der Waals surface area contributed by atoms with Crippen molar-refractivity contribution in [1.82, 2.24) is 5.32 Å². The van der Waals surface area contributed by atoms with Crippen LogP contribution in [0, 0.1) is 0 Å². The molecule has 5 atom stereocenters. The number of carbonyl (C=O) groups excluding carboxylic acids is 5. The van der Waals surface area contributed by atoms with Crippen molar-refractivity contribution in [1.29, 1.82) is 0 Å². The van der Waals surface area contributed by atoms with Gasteiger partial charge in [-0.3, -0.25) is 24.0 Å². The molecule has 2 aliphatic rings. The Morgan fingerprint density at radius 3 is 2.25 bits per heavy atom. The Kier molecular flexibility index (Phi) is 10.5. The van der Waals surface area contributed by atoms with Gasteiger partial charge >= 0.3 is 17.9 Å². The SMILES string of the molecule is CC(=O)N[C@H]1[C@H](O/N=C2/C(=O)N(CCOc3ccc4ccccc4c3)c3ccccc32)O[C@H](COC(C)=O)[C@@H](OC(C)=O)[C@@H]1OC(C)=O. The van der Waals surface area contributed by atoms with Crippen LogP contribution in [0.3, 0.4) is 0 Å². The predicted octanol–water partition coefficient (Wildman–Crippen LogP) is 2.64. The molecule has 0 saturated carbocycles. The van der Waals surface area contributed by atoms with Gasteiger partial charge in [0, 0.05) is 33.3 Å². The van der Waals surface area contributed by atoms with Crippen molar-refractivity contribution in [2.75, 3.05) is 24.7 Å². The zero-order valence-electron chi connectivity index (χ0n) is 26.7. The molecule has 5 rings (SSSR count). The van der Waals surface area contributed by atoms with Gasteiger partial charge in [0.25, 0.3) is 12.2 Å². The highest BCUT2D eigenvalue weighted by Gasteiger charge is 2.52. The minimum atomic E-state index is -1.48. The van der Waals surface area contributed by atoms with Gasteiger partial charge in [0.2, 0.25) is 5.91 Å². The Hall–Kier alpha value is -5.50. The van der Waals surface area contributed by atoms with Crippen molar-refractivity contribution >= 4 is 51.9 Å². The molecular formula is C34H35N3O11. The Bertz CT molecular complexity index is 1740. The van der Waals surface area contributed by atoms with E-state index in [0.29, 0.717) is 17.0 Å². The molecule has 2 aliphatic heterocycles. The molecule has 1 N–H and O–H groups in total. The van der Waals surface area contributed by atoms with Gasteiger partial charge in [0.1, 0.15) is 31.1 Å². The fourth-order valence-electron chi connectivity index (χ4n) is 5.57. The molecule has 0 aliphatic carbocycles. The summed E-state index contributed by atoms with van der Waals surface area (Å²) in [6, 6.07) is 19.4. The van der Waals surface area contributed by atoms with Crippen LogP contribution in [0.25, 0.3) is 10.8 Å². The molecule has 3 aromatic carbocycles. The topological polar surface area (TPSA) is 168 Å². The van der Waals surface area contributed by atoms with Gasteiger partial charge in [0.15, 0.2) is 17.9 Å². The van der Waals surface area contributed by atoms with E-state index in [1.54, 1.807) is 24.3 Å². The average Bonchev–Trinajstić information content (AvgIpc) is 3.30. The number of carbonyl (C=O) groups is 5. The number of oxime groups is 1. The van der Waals surface area contributed by atoms with Gasteiger partial charge in [0.05, 0.1) is 12.2 Å². The van der Waals surface area contributed by atoms with Crippen LogP contribution in [-0.2, 0) is 47.8 Å². The second-order valence-electron chi connectivity index (χ2n) is 11.1. The molecule has 0 radical (unpaired) electrons. The van der Waals surface area contributed by atoms with Crippen molar-refractivity contribution in [2.24, 2.45) is 5.16 Å². The molecule has 0 unspecified atom stereocenters. The van der Waals surface area contributed by atoms with Gasteiger partial charge in [-0.2, -0.15) is 0 Å². The van der Waals surface area contributed by atoms with Gasteiger partial charge in [-0.1, -0.05) is 53.7 Å². The number of rotatable bonds is 11. The molecule has 3 aromatic rings. The van der Waals surface area contributed by atoms with Crippen LogP contribution >= 0.6 is 0 Å². The van der Waals surface area contributed by atoms with Gasteiger partial charge in [-0.15, -0.1) is 0 Å². The Labute approximate surface area is 275 Å². The lowest BCUT2D eigenvalue weighted by Crippen LogP contribution is -2.66. The van der Waals surface area contributed by atoms with Crippen LogP contribution in [-0.4, -0.2) is 85.8 Å². The fourth-order valence-corrected chi connectivity index (χ4v) is 5.57. The van der Waals surface area contributed by atoms with Crippen molar-refractivity contribution in [3.8, 4) is 5.75 Å². The second-order valence-corrected chi connectivity index (χ2v) is 11.1. The summed E-state index contributed by atoms with van der Waals surface area (Å²) < 4.78 is 28.0. The third-order valence-electron chi connectivity index (χ3n) is 7.52. The lowest BCUT2D eigenvalue weighted by molar-refractivity contribution is -0.278. The third-order valence-corrected chi connectivity index (χ3v) is 7.52. The van der Waals surface area contributed by atoms with E-state index < -0.39 is 67.0 Å². The van der Waals surface area contributed by atoms with E-state index in [2.05, 4.69) is 10.5 Å². The highest BCUT2D eigenvalue weighted by molar-refractivity contribution is 6.54. The zero-order chi connectivity index (χ0) is 34.4. The lowest BCUT2D eigenvalue weighted by atomic mass is 9.96. The van der Waals surface area contributed by atoms with Crippen molar-refractivity contribution in [2.45, 2.75) is 58.3 Å².